The molecular weight excluding hydrogens is 228 g/mol. The van der Waals surface area contributed by atoms with E-state index in [0.717, 1.165) is 32.5 Å². The average Bonchev–Trinajstić information content (AvgIpc) is 2.88. The zero-order chi connectivity index (χ0) is 13.4. The molecule has 0 fully saturated rings. The van der Waals surface area contributed by atoms with Gasteiger partial charge in [-0.25, -0.2) is 9.78 Å². The van der Waals surface area contributed by atoms with Crippen molar-refractivity contribution in [2.24, 2.45) is 0 Å². The van der Waals surface area contributed by atoms with E-state index in [1.807, 2.05) is 6.92 Å². The summed E-state index contributed by atoms with van der Waals surface area (Å²) in [5.41, 5.74) is 0. The van der Waals surface area contributed by atoms with Gasteiger partial charge in [0.2, 0.25) is 0 Å². The SMILES string of the molecule is CCN(CC)CCC[C@@H](C)NC(=O)n1ccnc1. The van der Waals surface area contributed by atoms with Crippen LogP contribution >= 0.6 is 0 Å². The van der Waals surface area contributed by atoms with Crippen LogP contribution in [0.2, 0.25) is 0 Å². The Morgan fingerprint density at radius 2 is 2.17 bits per heavy atom. The van der Waals surface area contributed by atoms with Gasteiger partial charge in [0.15, 0.2) is 0 Å². The summed E-state index contributed by atoms with van der Waals surface area (Å²) < 4.78 is 1.46. The van der Waals surface area contributed by atoms with Crippen molar-refractivity contribution in [3.8, 4) is 0 Å². The van der Waals surface area contributed by atoms with Gasteiger partial charge in [-0.2, -0.15) is 0 Å². The second-order valence-corrected chi connectivity index (χ2v) is 4.49. The third kappa shape index (κ3) is 4.87. The monoisotopic (exact) mass is 252 g/mol. The quantitative estimate of drug-likeness (QED) is 0.807. The number of imidazole rings is 1. The Morgan fingerprint density at radius 3 is 2.72 bits per heavy atom. The summed E-state index contributed by atoms with van der Waals surface area (Å²) in [6.07, 6.45) is 6.87. The minimum absolute atomic E-state index is 0.108. The number of aromatic nitrogens is 2. The molecule has 0 aliphatic carbocycles. The van der Waals surface area contributed by atoms with Crippen LogP contribution in [-0.4, -0.2) is 46.2 Å². The summed E-state index contributed by atoms with van der Waals surface area (Å²) in [4.78, 5) is 18.0. The van der Waals surface area contributed by atoms with Crippen LogP contribution in [0.15, 0.2) is 18.7 Å². The molecule has 0 aromatic carbocycles. The van der Waals surface area contributed by atoms with Crippen LogP contribution in [0.1, 0.15) is 33.6 Å². The maximum absolute atomic E-state index is 11.7. The number of carbonyl (C=O) groups excluding carboxylic acids is 1. The lowest BCUT2D eigenvalue weighted by Crippen LogP contribution is -2.36. The zero-order valence-corrected chi connectivity index (χ0v) is 11.6. The van der Waals surface area contributed by atoms with Crippen LogP contribution in [0, 0.1) is 0 Å². The predicted molar refractivity (Wildman–Crippen MR) is 72.6 cm³/mol. The molecule has 102 valence electrons. The molecule has 0 bridgehead atoms. The van der Waals surface area contributed by atoms with Crippen molar-refractivity contribution >= 4 is 6.03 Å². The first-order chi connectivity index (χ1) is 8.67. The molecule has 0 unspecified atom stereocenters. The molecule has 1 aromatic rings. The first-order valence-corrected chi connectivity index (χ1v) is 6.68. The smallest absolute Gasteiger partial charge is 0.327 e. The van der Waals surface area contributed by atoms with Crippen LogP contribution in [0.4, 0.5) is 4.79 Å². The Kier molecular flexibility index (Phi) is 6.43. The molecule has 1 rings (SSSR count). The molecule has 1 amide bonds. The molecule has 5 heteroatoms. The minimum Gasteiger partial charge on any atom is -0.335 e. The average molecular weight is 252 g/mol. The molecule has 1 aromatic heterocycles. The van der Waals surface area contributed by atoms with E-state index in [1.165, 1.54) is 10.9 Å². The van der Waals surface area contributed by atoms with Crippen molar-refractivity contribution in [3.05, 3.63) is 18.7 Å². The summed E-state index contributed by atoms with van der Waals surface area (Å²) >= 11 is 0. The topological polar surface area (TPSA) is 50.2 Å². The first-order valence-electron chi connectivity index (χ1n) is 6.68. The van der Waals surface area contributed by atoms with Crippen LogP contribution in [0.3, 0.4) is 0 Å². The van der Waals surface area contributed by atoms with E-state index in [9.17, 15) is 4.79 Å². The highest BCUT2D eigenvalue weighted by atomic mass is 16.2. The minimum atomic E-state index is -0.108. The first kappa shape index (κ1) is 14.7. The van der Waals surface area contributed by atoms with Crippen molar-refractivity contribution in [2.75, 3.05) is 19.6 Å². The van der Waals surface area contributed by atoms with E-state index in [2.05, 4.69) is 29.0 Å². The van der Waals surface area contributed by atoms with Gasteiger partial charge in [-0.3, -0.25) is 4.57 Å². The largest absolute Gasteiger partial charge is 0.335 e. The second-order valence-electron chi connectivity index (χ2n) is 4.49. The summed E-state index contributed by atoms with van der Waals surface area (Å²) in [7, 11) is 0. The van der Waals surface area contributed by atoms with Gasteiger partial charge in [-0.05, 0) is 39.4 Å². The highest BCUT2D eigenvalue weighted by molar-refractivity contribution is 5.76. The molecule has 1 N–H and O–H groups in total. The molecule has 18 heavy (non-hydrogen) atoms. The van der Waals surface area contributed by atoms with Crippen molar-refractivity contribution in [1.82, 2.24) is 19.8 Å². The molecule has 0 saturated heterocycles. The predicted octanol–water partition coefficient (Wildman–Crippen LogP) is 1.95. The Bertz CT molecular complexity index is 333. The van der Waals surface area contributed by atoms with Crippen molar-refractivity contribution < 1.29 is 4.79 Å². The van der Waals surface area contributed by atoms with E-state index in [1.54, 1.807) is 12.4 Å². The Labute approximate surface area is 109 Å². The third-order valence-electron chi connectivity index (χ3n) is 3.11. The van der Waals surface area contributed by atoms with Gasteiger partial charge in [-0.15, -0.1) is 0 Å². The van der Waals surface area contributed by atoms with E-state index < -0.39 is 0 Å². The number of hydrogen-bond acceptors (Lipinski definition) is 3. The normalized spacial score (nSPS) is 12.7. The lowest BCUT2D eigenvalue weighted by molar-refractivity contribution is 0.237. The van der Waals surface area contributed by atoms with E-state index >= 15 is 0 Å². The molecule has 0 saturated carbocycles. The molecular formula is C13H24N4O. The fraction of sp³-hybridized carbons (Fsp3) is 0.692. The molecule has 5 nitrogen and oxygen atoms in total. The van der Waals surface area contributed by atoms with Gasteiger partial charge in [0.05, 0.1) is 0 Å². The standard InChI is InChI=1S/C13H24N4O/c1-4-16(5-2)9-6-7-12(3)15-13(18)17-10-8-14-11-17/h8,10-12H,4-7,9H2,1-3H3,(H,15,18)/t12-/m1/s1. The molecule has 0 aliphatic heterocycles. The fourth-order valence-corrected chi connectivity index (χ4v) is 1.90. The van der Waals surface area contributed by atoms with Gasteiger partial charge in [-0.1, -0.05) is 13.8 Å². The molecule has 1 heterocycles. The van der Waals surface area contributed by atoms with Crippen LogP contribution in [-0.2, 0) is 0 Å². The third-order valence-corrected chi connectivity index (χ3v) is 3.11. The summed E-state index contributed by atoms with van der Waals surface area (Å²) in [5.74, 6) is 0. The van der Waals surface area contributed by atoms with Crippen molar-refractivity contribution in [2.45, 2.75) is 39.7 Å². The molecule has 0 radical (unpaired) electrons. The van der Waals surface area contributed by atoms with Gasteiger partial charge in [0.1, 0.15) is 6.33 Å². The number of rotatable bonds is 7. The van der Waals surface area contributed by atoms with Crippen molar-refractivity contribution in [1.29, 1.82) is 0 Å². The molecule has 1 atom stereocenters. The zero-order valence-electron chi connectivity index (χ0n) is 11.6. The molecule has 0 spiro atoms. The maximum Gasteiger partial charge on any atom is 0.327 e. The van der Waals surface area contributed by atoms with E-state index in [-0.39, 0.29) is 12.1 Å². The number of nitrogens with zero attached hydrogens (tertiary/aromatic N) is 3. The lowest BCUT2D eigenvalue weighted by atomic mass is 10.2. The van der Waals surface area contributed by atoms with Gasteiger partial charge in [0, 0.05) is 18.4 Å². The lowest BCUT2D eigenvalue weighted by Gasteiger charge is -2.19. The number of nitrogens with one attached hydrogen (secondary N) is 1. The van der Waals surface area contributed by atoms with E-state index in [4.69, 9.17) is 0 Å². The Morgan fingerprint density at radius 1 is 1.44 bits per heavy atom. The second kappa shape index (κ2) is 7.87. The number of hydrogen-bond donors (Lipinski definition) is 1. The Hall–Kier alpha value is -1.36. The van der Waals surface area contributed by atoms with E-state index in [0.29, 0.717) is 0 Å². The van der Waals surface area contributed by atoms with Crippen LogP contribution in [0.5, 0.6) is 0 Å². The van der Waals surface area contributed by atoms with Crippen LogP contribution in [0.25, 0.3) is 0 Å². The highest BCUT2D eigenvalue weighted by Gasteiger charge is 2.08. The highest BCUT2D eigenvalue weighted by Crippen LogP contribution is 2.00. The van der Waals surface area contributed by atoms with Gasteiger partial charge < -0.3 is 10.2 Å². The number of amides is 1. The Balaban J connectivity index is 2.21. The van der Waals surface area contributed by atoms with Gasteiger partial charge >= 0.3 is 6.03 Å². The fourth-order valence-electron chi connectivity index (χ4n) is 1.90. The summed E-state index contributed by atoms with van der Waals surface area (Å²) in [6, 6.07) is 0.0818. The van der Waals surface area contributed by atoms with Gasteiger partial charge in [0.25, 0.3) is 0 Å². The summed E-state index contributed by atoms with van der Waals surface area (Å²) in [5, 5.41) is 2.96. The molecule has 0 aliphatic rings. The number of carbonyl (C=O) groups is 1. The van der Waals surface area contributed by atoms with Crippen LogP contribution < -0.4 is 5.32 Å². The maximum atomic E-state index is 11.7. The van der Waals surface area contributed by atoms with Crippen molar-refractivity contribution in [3.63, 3.8) is 0 Å². The summed E-state index contributed by atoms with van der Waals surface area (Å²) in [6.45, 7) is 9.66.